The van der Waals surface area contributed by atoms with Crippen molar-refractivity contribution in [3.8, 4) is 39.5 Å². The van der Waals surface area contributed by atoms with Gasteiger partial charge < -0.3 is 18.9 Å². The van der Waals surface area contributed by atoms with Crippen LogP contribution in [0.5, 0.6) is 17.2 Å². The van der Waals surface area contributed by atoms with Crippen LogP contribution in [0.3, 0.4) is 0 Å². The van der Waals surface area contributed by atoms with E-state index in [1.165, 1.54) is 6.26 Å². The molecule has 0 amide bonds. The number of rotatable bonds is 9. The topological polar surface area (TPSA) is 36.9 Å². The van der Waals surface area contributed by atoms with Gasteiger partial charge in [0.25, 0.3) is 0 Å². The molecule has 3 aromatic rings. The van der Waals surface area contributed by atoms with Crippen molar-refractivity contribution in [2.45, 2.75) is 0 Å². The molecule has 0 spiro atoms. The minimum atomic E-state index is 0.407. The Morgan fingerprint density at radius 3 is 1.79 bits per heavy atom. The Kier molecular flexibility index (Phi) is 6.58. The van der Waals surface area contributed by atoms with Gasteiger partial charge in [-0.3, -0.25) is 0 Å². The van der Waals surface area contributed by atoms with Gasteiger partial charge in [0, 0.05) is 11.1 Å². The molecule has 0 fully saturated rings. The third-order valence-corrected chi connectivity index (χ3v) is 4.34. The molecule has 0 bridgehead atoms. The van der Waals surface area contributed by atoms with E-state index >= 15 is 0 Å². The Morgan fingerprint density at radius 1 is 0.750 bits per heavy atom. The molecule has 144 valence electrons. The average molecular weight is 376 g/mol. The van der Waals surface area contributed by atoms with Crippen LogP contribution in [0.25, 0.3) is 22.3 Å². The second-order valence-corrected chi connectivity index (χ2v) is 6.03. The van der Waals surface area contributed by atoms with Crippen LogP contribution in [0.4, 0.5) is 0 Å². The zero-order chi connectivity index (χ0) is 19.8. The molecule has 0 atom stereocenters. The lowest BCUT2D eigenvalue weighted by Crippen LogP contribution is -2.06. The molecule has 0 aliphatic rings. The first-order valence-electron chi connectivity index (χ1n) is 9.04. The molecule has 0 saturated carbocycles. The van der Waals surface area contributed by atoms with Crippen molar-refractivity contribution in [2.24, 2.45) is 0 Å². The van der Waals surface area contributed by atoms with E-state index in [1.807, 2.05) is 66.7 Å². The van der Waals surface area contributed by atoms with Crippen LogP contribution < -0.4 is 14.2 Å². The van der Waals surface area contributed by atoms with Crippen LogP contribution in [-0.4, -0.2) is 27.4 Å². The highest BCUT2D eigenvalue weighted by Gasteiger charge is 2.14. The summed E-state index contributed by atoms with van der Waals surface area (Å²) in [6.07, 6.45) is 1.42. The van der Waals surface area contributed by atoms with E-state index in [9.17, 15) is 0 Å². The zero-order valence-electron chi connectivity index (χ0n) is 16.2. The predicted octanol–water partition coefficient (Wildman–Crippen LogP) is 5.58. The van der Waals surface area contributed by atoms with E-state index in [4.69, 9.17) is 18.9 Å². The maximum Gasteiger partial charge on any atom is 0.135 e. The van der Waals surface area contributed by atoms with Gasteiger partial charge in [0.05, 0.1) is 20.5 Å². The minimum Gasteiger partial charge on any atom is -0.498 e. The van der Waals surface area contributed by atoms with Crippen molar-refractivity contribution in [1.29, 1.82) is 0 Å². The van der Waals surface area contributed by atoms with Gasteiger partial charge >= 0.3 is 0 Å². The second-order valence-electron chi connectivity index (χ2n) is 6.03. The highest BCUT2D eigenvalue weighted by atomic mass is 16.5. The SMILES string of the molecule is C=COCCOc1c(-c2cccc(OC)c2)cccc1-c1cccc(OC)c1. The van der Waals surface area contributed by atoms with E-state index in [-0.39, 0.29) is 0 Å². The highest BCUT2D eigenvalue weighted by molar-refractivity contribution is 5.83. The predicted molar refractivity (Wildman–Crippen MR) is 112 cm³/mol. The molecule has 0 radical (unpaired) electrons. The molecule has 4 nitrogen and oxygen atoms in total. The Balaban J connectivity index is 2.08. The molecule has 28 heavy (non-hydrogen) atoms. The molecule has 0 aliphatic carbocycles. The molecule has 0 saturated heterocycles. The van der Waals surface area contributed by atoms with Crippen LogP contribution in [0, 0.1) is 0 Å². The average Bonchev–Trinajstić information content (AvgIpc) is 2.76. The fourth-order valence-corrected chi connectivity index (χ4v) is 3.00. The Morgan fingerprint density at radius 2 is 1.29 bits per heavy atom. The molecular formula is C24H24O4. The quantitative estimate of drug-likeness (QED) is 0.361. The summed E-state index contributed by atoms with van der Waals surface area (Å²) in [7, 11) is 3.33. The third-order valence-electron chi connectivity index (χ3n) is 4.34. The van der Waals surface area contributed by atoms with Crippen LogP contribution in [0.15, 0.2) is 79.6 Å². The highest BCUT2D eigenvalue weighted by Crippen LogP contribution is 2.40. The lowest BCUT2D eigenvalue weighted by molar-refractivity contribution is 0.180. The van der Waals surface area contributed by atoms with E-state index < -0.39 is 0 Å². The molecule has 0 heterocycles. The smallest absolute Gasteiger partial charge is 0.135 e. The normalized spacial score (nSPS) is 10.2. The summed E-state index contributed by atoms with van der Waals surface area (Å²) in [5.74, 6) is 2.38. The lowest BCUT2D eigenvalue weighted by Gasteiger charge is -2.17. The fraction of sp³-hybridized carbons (Fsp3) is 0.167. The van der Waals surface area contributed by atoms with Gasteiger partial charge in [0.15, 0.2) is 0 Å². The minimum absolute atomic E-state index is 0.407. The largest absolute Gasteiger partial charge is 0.498 e. The molecular weight excluding hydrogens is 352 g/mol. The van der Waals surface area contributed by atoms with E-state index in [2.05, 4.69) is 6.58 Å². The Hall–Kier alpha value is -3.40. The van der Waals surface area contributed by atoms with Gasteiger partial charge in [-0.2, -0.15) is 0 Å². The van der Waals surface area contributed by atoms with Crippen molar-refractivity contribution in [1.82, 2.24) is 0 Å². The lowest BCUT2D eigenvalue weighted by atomic mass is 9.97. The Labute approximate surface area is 165 Å². The van der Waals surface area contributed by atoms with Crippen molar-refractivity contribution in [2.75, 3.05) is 27.4 Å². The van der Waals surface area contributed by atoms with Crippen LogP contribution >= 0.6 is 0 Å². The van der Waals surface area contributed by atoms with Gasteiger partial charge in [-0.25, -0.2) is 0 Å². The summed E-state index contributed by atoms with van der Waals surface area (Å²) < 4.78 is 22.2. The standard InChI is InChI=1S/C24H24O4/c1-4-27-14-15-28-24-22(18-8-5-10-20(16-18)25-2)12-7-13-23(24)19-9-6-11-21(17-19)26-3/h4-13,16-17H,1,14-15H2,2-3H3. The van der Waals surface area contributed by atoms with Crippen molar-refractivity contribution in [3.63, 3.8) is 0 Å². The first-order chi connectivity index (χ1) is 13.8. The van der Waals surface area contributed by atoms with Gasteiger partial charge in [-0.05, 0) is 35.4 Å². The fourth-order valence-electron chi connectivity index (χ4n) is 3.00. The number of benzene rings is 3. The maximum absolute atomic E-state index is 6.17. The molecule has 4 heteroatoms. The summed E-state index contributed by atoms with van der Waals surface area (Å²) in [5.41, 5.74) is 4.00. The van der Waals surface area contributed by atoms with E-state index in [0.29, 0.717) is 13.2 Å². The van der Waals surface area contributed by atoms with Gasteiger partial charge in [0.2, 0.25) is 0 Å². The van der Waals surface area contributed by atoms with Crippen molar-refractivity contribution in [3.05, 3.63) is 79.6 Å². The number of para-hydroxylation sites is 1. The van der Waals surface area contributed by atoms with Gasteiger partial charge in [0.1, 0.15) is 30.5 Å². The molecule has 3 aromatic carbocycles. The number of hydrogen-bond donors (Lipinski definition) is 0. The van der Waals surface area contributed by atoms with Gasteiger partial charge in [-0.15, -0.1) is 0 Å². The zero-order valence-corrected chi connectivity index (χ0v) is 16.2. The Bertz CT molecular complexity index is 868. The molecule has 0 aliphatic heterocycles. The van der Waals surface area contributed by atoms with Crippen LogP contribution in [0.2, 0.25) is 0 Å². The molecule has 3 rings (SSSR count). The summed E-state index contributed by atoms with van der Waals surface area (Å²) >= 11 is 0. The van der Waals surface area contributed by atoms with Crippen LogP contribution in [-0.2, 0) is 4.74 Å². The summed E-state index contributed by atoms with van der Waals surface area (Å²) in [6.45, 7) is 4.40. The molecule has 0 aromatic heterocycles. The number of methoxy groups -OCH3 is 2. The van der Waals surface area contributed by atoms with Crippen LogP contribution in [0.1, 0.15) is 0 Å². The summed E-state index contributed by atoms with van der Waals surface area (Å²) in [6, 6.07) is 22.0. The first-order valence-corrected chi connectivity index (χ1v) is 9.04. The monoisotopic (exact) mass is 376 g/mol. The van der Waals surface area contributed by atoms with Crippen molar-refractivity contribution >= 4 is 0 Å². The number of ether oxygens (including phenoxy) is 4. The van der Waals surface area contributed by atoms with E-state index in [0.717, 1.165) is 39.5 Å². The van der Waals surface area contributed by atoms with E-state index in [1.54, 1.807) is 14.2 Å². The summed E-state index contributed by atoms with van der Waals surface area (Å²) in [5, 5.41) is 0. The second kappa shape index (κ2) is 9.51. The first kappa shape index (κ1) is 19.4. The van der Waals surface area contributed by atoms with Gasteiger partial charge in [-0.1, -0.05) is 49.0 Å². The number of hydrogen-bond acceptors (Lipinski definition) is 4. The third kappa shape index (κ3) is 4.46. The molecule has 0 N–H and O–H groups in total. The maximum atomic E-state index is 6.17. The molecule has 0 unspecified atom stereocenters. The van der Waals surface area contributed by atoms with Crippen molar-refractivity contribution < 1.29 is 18.9 Å². The summed E-state index contributed by atoms with van der Waals surface area (Å²) in [4.78, 5) is 0.